The van der Waals surface area contributed by atoms with Crippen LogP contribution in [-0.4, -0.2) is 43.6 Å². The molecule has 1 spiro atoms. The average Bonchev–Trinajstić information content (AvgIpc) is 2.54. The van der Waals surface area contributed by atoms with E-state index in [0.717, 1.165) is 19.3 Å². The van der Waals surface area contributed by atoms with E-state index in [-0.39, 0.29) is 17.4 Å². The second kappa shape index (κ2) is 4.36. The number of alkyl halides is 4. The quantitative estimate of drug-likeness (QED) is 0.693. The number of halogens is 4. The first kappa shape index (κ1) is 15.1. The summed E-state index contributed by atoms with van der Waals surface area (Å²) in [5.74, 6) is -9.53. The molecule has 126 valence electrons. The fourth-order valence-corrected chi connectivity index (χ4v) is 5.24. The Morgan fingerprint density at radius 3 is 1.82 bits per heavy atom. The van der Waals surface area contributed by atoms with Crippen LogP contribution in [0.25, 0.3) is 0 Å². The Morgan fingerprint density at radius 2 is 1.36 bits per heavy atom. The lowest BCUT2D eigenvalue weighted by Gasteiger charge is -2.63. The van der Waals surface area contributed by atoms with E-state index in [1.165, 1.54) is 0 Å². The number of hydrogen-bond acceptors (Lipinski definition) is 3. The Hall–Kier alpha value is -0.400. The van der Waals surface area contributed by atoms with Crippen LogP contribution < -0.4 is 0 Å². The molecule has 5 fully saturated rings. The lowest BCUT2D eigenvalue weighted by atomic mass is 9.51. The van der Waals surface area contributed by atoms with E-state index in [1.807, 2.05) is 0 Å². The fraction of sp³-hybridized carbons (Fsp3) is 1.00. The largest absolute Gasteiger partial charge is 0.378 e. The molecule has 4 saturated carbocycles. The number of ether oxygens (including phenoxy) is 3. The standard InChI is InChI=1S/C15H20F4O3/c1-20-12-4-9-2-10(5-12)15(11(3-9)6-12)21-7-13(16,17)14(18,19)8-22-15/h9-11H,2-8H2,1H3. The highest BCUT2D eigenvalue weighted by atomic mass is 19.3. The zero-order valence-electron chi connectivity index (χ0n) is 12.4. The highest BCUT2D eigenvalue weighted by Crippen LogP contribution is 2.63. The third-order valence-corrected chi connectivity index (χ3v) is 6.20. The van der Waals surface area contributed by atoms with Gasteiger partial charge in [-0.3, -0.25) is 0 Å². The Labute approximate surface area is 126 Å². The molecule has 7 heteroatoms. The minimum Gasteiger partial charge on any atom is -0.378 e. The molecule has 1 aliphatic heterocycles. The Morgan fingerprint density at radius 1 is 0.864 bits per heavy atom. The molecular formula is C15H20F4O3. The minimum atomic E-state index is -4.19. The molecule has 5 aliphatic rings. The molecule has 3 nitrogen and oxygen atoms in total. The molecule has 1 saturated heterocycles. The van der Waals surface area contributed by atoms with Crippen LogP contribution in [0.15, 0.2) is 0 Å². The first-order chi connectivity index (χ1) is 10.2. The highest BCUT2D eigenvalue weighted by molar-refractivity contribution is 5.11. The van der Waals surface area contributed by atoms with Crippen LogP contribution in [0.2, 0.25) is 0 Å². The Kier molecular flexibility index (Phi) is 3.00. The first-order valence-electron chi connectivity index (χ1n) is 7.81. The molecule has 22 heavy (non-hydrogen) atoms. The normalized spacial score (nSPS) is 47.6. The minimum absolute atomic E-state index is 0.150. The van der Waals surface area contributed by atoms with Crippen molar-refractivity contribution in [1.29, 1.82) is 0 Å². The fourth-order valence-electron chi connectivity index (χ4n) is 5.24. The summed E-state index contributed by atoms with van der Waals surface area (Å²) in [4.78, 5) is 0. The summed E-state index contributed by atoms with van der Waals surface area (Å²) in [6.45, 7) is -2.56. The summed E-state index contributed by atoms with van der Waals surface area (Å²) < 4.78 is 70.9. The van der Waals surface area contributed by atoms with Crippen molar-refractivity contribution in [1.82, 2.24) is 0 Å². The van der Waals surface area contributed by atoms with Gasteiger partial charge >= 0.3 is 11.8 Å². The van der Waals surface area contributed by atoms with E-state index >= 15 is 0 Å². The van der Waals surface area contributed by atoms with E-state index < -0.39 is 30.8 Å². The van der Waals surface area contributed by atoms with E-state index in [1.54, 1.807) is 7.11 Å². The van der Waals surface area contributed by atoms with Crippen LogP contribution in [0.5, 0.6) is 0 Å². The topological polar surface area (TPSA) is 27.7 Å². The molecular weight excluding hydrogens is 304 g/mol. The van der Waals surface area contributed by atoms with Crippen LogP contribution in [0, 0.1) is 17.8 Å². The second-order valence-corrected chi connectivity index (χ2v) is 7.44. The van der Waals surface area contributed by atoms with Gasteiger partial charge in [0, 0.05) is 18.9 Å². The number of rotatable bonds is 1. The monoisotopic (exact) mass is 324 g/mol. The SMILES string of the molecule is COC12CC3CC(C1)C1(OCC(F)(F)C(F)(F)CO1)C(C3)C2. The van der Waals surface area contributed by atoms with Crippen LogP contribution in [0.4, 0.5) is 17.6 Å². The molecule has 0 aromatic heterocycles. The maximum atomic E-state index is 13.6. The summed E-state index contributed by atoms with van der Waals surface area (Å²) in [7, 11) is 1.66. The summed E-state index contributed by atoms with van der Waals surface area (Å²) in [6, 6.07) is 0. The van der Waals surface area contributed by atoms with Crippen molar-refractivity contribution < 1.29 is 31.8 Å². The van der Waals surface area contributed by atoms with Crippen molar-refractivity contribution in [2.45, 2.75) is 55.3 Å². The highest BCUT2D eigenvalue weighted by Gasteiger charge is 2.69. The zero-order chi connectivity index (χ0) is 15.8. The predicted octanol–water partition coefficient (Wildman–Crippen LogP) is 3.23. The van der Waals surface area contributed by atoms with Gasteiger partial charge in [-0.25, -0.2) is 0 Å². The van der Waals surface area contributed by atoms with Crippen molar-refractivity contribution in [3.05, 3.63) is 0 Å². The van der Waals surface area contributed by atoms with Gasteiger partial charge in [0.25, 0.3) is 0 Å². The molecule has 2 unspecified atom stereocenters. The molecule has 0 aromatic rings. The first-order valence-corrected chi connectivity index (χ1v) is 7.81. The molecule has 4 aliphatic carbocycles. The lowest BCUT2D eigenvalue weighted by Crippen LogP contribution is -2.66. The van der Waals surface area contributed by atoms with Gasteiger partial charge in [0.1, 0.15) is 13.2 Å². The van der Waals surface area contributed by atoms with Crippen LogP contribution in [-0.2, 0) is 14.2 Å². The van der Waals surface area contributed by atoms with E-state index in [0.29, 0.717) is 18.8 Å². The summed E-state index contributed by atoms with van der Waals surface area (Å²) >= 11 is 0. The Balaban J connectivity index is 1.66. The van der Waals surface area contributed by atoms with Crippen LogP contribution in [0.1, 0.15) is 32.1 Å². The second-order valence-electron chi connectivity index (χ2n) is 7.44. The number of methoxy groups -OCH3 is 1. The maximum Gasteiger partial charge on any atom is 0.335 e. The molecule has 0 N–H and O–H groups in total. The van der Waals surface area contributed by atoms with Crippen LogP contribution >= 0.6 is 0 Å². The van der Waals surface area contributed by atoms with Gasteiger partial charge in [-0.05, 0) is 38.0 Å². The van der Waals surface area contributed by atoms with Crippen molar-refractivity contribution >= 4 is 0 Å². The van der Waals surface area contributed by atoms with Gasteiger partial charge in [0.05, 0.1) is 5.60 Å². The summed E-state index contributed by atoms with van der Waals surface area (Å²) in [6.07, 6.45) is 3.78. The van der Waals surface area contributed by atoms with Crippen molar-refractivity contribution in [3.63, 3.8) is 0 Å². The van der Waals surface area contributed by atoms with Gasteiger partial charge in [0.2, 0.25) is 0 Å². The third-order valence-electron chi connectivity index (χ3n) is 6.20. The molecule has 4 bridgehead atoms. The molecule has 0 amide bonds. The molecule has 0 radical (unpaired) electrons. The molecule has 5 rings (SSSR count). The van der Waals surface area contributed by atoms with E-state index in [4.69, 9.17) is 14.2 Å². The van der Waals surface area contributed by atoms with E-state index in [2.05, 4.69) is 0 Å². The average molecular weight is 324 g/mol. The van der Waals surface area contributed by atoms with Crippen LogP contribution in [0.3, 0.4) is 0 Å². The van der Waals surface area contributed by atoms with Gasteiger partial charge in [0.15, 0.2) is 5.79 Å². The summed E-state index contributed by atoms with van der Waals surface area (Å²) in [5, 5.41) is 0. The van der Waals surface area contributed by atoms with Gasteiger partial charge in [-0.1, -0.05) is 0 Å². The molecule has 1 heterocycles. The maximum absolute atomic E-state index is 13.6. The number of hydrogen-bond donors (Lipinski definition) is 0. The van der Waals surface area contributed by atoms with Crippen molar-refractivity contribution in [2.75, 3.05) is 20.3 Å². The Bertz CT molecular complexity index is 445. The van der Waals surface area contributed by atoms with Crippen molar-refractivity contribution in [2.24, 2.45) is 17.8 Å². The zero-order valence-corrected chi connectivity index (χ0v) is 12.4. The third kappa shape index (κ3) is 1.85. The summed E-state index contributed by atoms with van der Waals surface area (Å²) in [5.41, 5.74) is -0.258. The van der Waals surface area contributed by atoms with Crippen molar-refractivity contribution in [3.8, 4) is 0 Å². The molecule has 2 atom stereocenters. The smallest absolute Gasteiger partial charge is 0.335 e. The molecule has 0 aromatic carbocycles. The van der Waals surface area contributed by atoms with Gasteiger partial charge in [-0.2, -0.15) is 17.6 Å². The van der Waals surface area contributed by atoms with E-state index in [9.17, 15) is 17.6 Å². The van der Waals surface area contributed by atoms with Gasteiger partial charge < -0.3 is 14.2 Å². The van der Waals surface area contributed by atoms with Gasteiger partial charge in [-0.15, -0.1) is 0 Å². The lowest BCUT2D eigenvalue weighted by molar-refractivity contribution is -0.356. The predicted molar refractivity (Wildman–Crippen MR) is 67.8 cm³/mol.